The van der Waals surface area contributed by atoms with Crippen molar-refractivity contribution in [2.24, 2.45) is 0 Å². The van der Waals surface area contributed by atoms with Crippen LogP contribution in [0.1, 0.15) is 34.4 Å². The Labute approximate surface area is 202 Å². The van der Waals surface area contributed by atoms with Gasteiger partial charge < -0.3 is 25.4 Å². The van der Waals surface area contributed by atoms with Crippen LogP contribution >= 0.6 is 0 Å². The number of fused-ring (bicyclic) bond motifs is 3. The van der Waals surface area contributed by atoms with Gasteiger partial charge in [0.05, 0.1) is 12.9 Å². The van der Waals surface area contributed by atoms with Crippen LogP contribution in [0.5, 0.6) is 0 Å². The van der Waals surface area contributed by atoms with Gasteiger partial charge >= 0.3 is 0 Å². The van der Waals surface area contributed by atoms with E-state index < -0.39 is 31.1 Å². The van der Waals surface area contributed by atoms with E-state index in [9.17, 15) is 15.3 Å². The van der Waals surface area contributed by atoms with Gasteiger partial charge in [0.15, 0.2) is 23.2 Å². The van der Waals surface area contributed by atoms with Gasteiger partial charge in [-0.1, -0.05) is 48.5 Å². The van der Waals surface area contributed by atoms with Crippen molar-refractivity contribution in [3.63, 3.8) is 0 Å². The van der Waals surface area contributed by atoms with Crippen molar-refractivity contribution in [2.45, 2.75) is 43.3 Å². The molecule has 0 bridgehead atoms. The summed E-state index contributed by atoms with van der Waals surface area (Å²) in [6.07, 6.45) is 0.789. The number of hydrogen-bond donors (Lipinski definition) is 4. The topological polar surface area (TPSA) is 126 Å². The zero-order valence-corrected chi connectivity index (χ0v) is 19.0. The molecule has 1 saturated heterocycles. The summed E-state index contributed by atoms with van der Waals surface area (Å²) in [5.74, 6) is 0.733. The van der Waals surface area contributed by atoms with Crippen molar-refractivity contribution < 1.29 is 20.1 Å². The maximum atomic E-state index is 10.5. The number of aliphatic hydroxyl groups is 3. The van der Waals surface area contributed by atoms with Crippen LogP contribution in [0.4, 0.5) is 5.82 Å². The Hall–Kier alpha value is -3.37. The summed E-state index contributed by atoms with van der Waals surface area (Å²) in [6, 6.07) is 17.2. The van der Waals surface area contributed by atoms with Crippen molar-refractivity contribution in [3.8, 4) is 0 Å². The summed E-state index contributed by atoms with van der Waals surface area (Å²) >= 11 is 0. The molecule has 4 atom stereocenters. The molecule has 4 aromatic rings. The molecule has 1 aliphatic heterocycles. The molecule has 3 heterocycles. The predicted octanol–water partition coefficient (Wildman–Crippen LogP) is 1.78. The van der Waals surface area contributed by atoms with E-state index in [2.05, 4.69) is 68.8 Å². The summed E-state index contributed by atoms with van der Waals surface area (Å²) in [6.45, 7) is 0.230. The minimum Gasteiger partial charge on any atom is -0.394 e. The summed E-state index contributed by atoms with van der Waals surface area (Å²) in [5, 5.41) is 33.5. The molecule has 2 aliphatic rings. The average molecular weight is 474 g/mol. The van der Waals surface area contributed by atoms with E-state index in [1.165, 1.54) is 34.9 Å². The van der Waals surface area contributed by atoms with Crippen molar-refractivity contribution in [1.82, 2.24) is 19.5 Å². The lowest BCUT2D eigenvalue weighted by molar-refractivity contribution is -0.0511. The number of nitrogens with zero attached hydrogens (tertiary/aromatic N) is 4. The molecule has 2 aromatic carbocycles. The first-order valence-corrected chi connectivity index (χ1v) is 11.8. The summed E-state index contributed by atoms with van der Waals surface area (Å²) in [5.41, 5.74) is 6.35. The summed E-state index contributed by atoms with van der Waals surface area (Å²) < 4.78 is 7.24. The molecular weight excluding hydrogens is 446 g/mol. The Morgan fingerprint density at radius 1 is 0.914 bits per heavy atom. The zero-order valence-electron chi connectivity index (χ0n) is 19.0. The molecule has 9 heteroatoms. The Kier molecular flexibility index (Phi) is 5.69. The van der Waals surface area contributed by atoms with Crippen LogP contribution in [-0.2, 0) is 17.6 Å². The lowest BCUT2D eigenvalue weighted by Gasteiger charge is -2.21. The van der Waals surface area contributed by atoms with Crippen molar-refractivity contribution in [1.29, 1.82) is 0 Å². The second kappa shape index (κ2) is 9.01. The third-order valence-electron chi connectivity index (χ3n) is 7.15. The van der Waals surface area contributed by atoms with E-state index in [0.29, 0.717) is 23.5 Å². The smallest absolute Gasteiger partial charge is 0.167 e. The van der Waals surface area contributed by atoms with Crippen LogP contribution in [0.15, 0.2) is 61.2 Å². The van der Waals surface area contributed by atoms with Crippen molar-refractivity contribution in [2.75, 3.05) is 18.5 Å². The second-order valence-corrected chi connectivity index (χ2v) is 9.11. The predicted molar refractivity (Wildman–Crippen MR) is 129 cm³/mol. The first-order chi connectivity index (χ1) is 17.2. The third-order valence-corrected chi connectivity index (χ3v) is 7.15. The van der Waals surface area contributed by atoms with Crippen LogP contribution in [0.3, 0.4) is 0 Å². The highest BCUT2D eigenvalue weighted by Gasteiger charge is 2.44. The monoisotopic (exact) mass is 473 g/mol. The first-order valence-electron chi connectivity index (χ1n) is 11.8. The molecule has 0 spiro atoms. The molecule has 180 valence electrons. The number of anilines is 1. The lowest BCUT2D eigenvalue weighted by Crippen LogP contribution is -2.33. The van der Waals surface area contributed by atoms with E-state index in [4.69, 9.17) is 4.74 Å². The number of aromatic nitrogens is 4. The SMILES string of the molecule is OC[C@H]1OC(n2cnc3c(NCC4c5ccccc5CCc5ccccc54)ncnc32)[C@H](O)[C@@H]1O. The molecule has 35 heavy (non-hydrogen) atoms. The van der Waals surface area contributed by atoms with Gasteiger partial charge in [-0.25, -0.2) is 15.0 Å². The number of aliphatic hydroxyl groups excluding tert-OH is 3. The van der Waals surface area contributed by atoms with Crippen molar-refractivity contribution in [3.05, 3.63) is 83.4 Å². The van der Waals surface area contributed by atoms with Gasteiger partial charge in [0, 0.05) is 12.5 Å². The Balaban J connectivity index is 1.32. The standard InChI is InChI=1S/C26H27N5O4/c32-12-20-22(33)23(34)26(35-20)31-14-30-21-24(28-13-29-25(21)31)27-11-19-17-7-3-1-5-15(17)9-10-16-6-2-4-8-18(16)19/h1-8,13-14,19-20,22-23,26,32-34H,9-12H2,(H,27,28,29)/t20-,22-,23-,26?/m1/s1. The molecule has 4 N–H and O–H groups in total. The first kappa shape index (κ1) is 22.1. The number of aryl methyl sites for hydroxylation is 2. The third kappa shape index (κ3) is 3.77. The van der Waals surface area contributed by atoms with Gasteiger partial charge in [0.2, 0.25) is 0 Å². The lowest BCUT2D eigenvalue weighted by atomic mass is 9.88. The van der Waals surface area contributed by atoms with Gasteiger partial charge in [-0.2, -0.15) is 0 Å². The number of hydrogen-bond acceptors (Lipinski definition) is 8. The molecular formula is C26H27N5O4. The number of ether oxygens (including phenoxy) is 1. The largest absolute Gasteiger partial charge is 0.394 e. The molecule has 9 nitrogen and oxygen atoms in total. The quantitative estimate of drug-likeness (QED) is 0.346. The fourth-order valence-electron chi connectivity index (χ4n) is 5.34. The highest BCUT2D eigenvalue weighted by molar-refractivity contribution is 5.82. The number of rotatable bonds is 5. The van der Waals surface area contributed by atoms with Gasteiger partial charge in [-0.05, 0) is 35.1 Å². The van der Waals surface area contributed by atoms with Crippen LogP contribution in [0.2, 0.25) is 0 Å². The highest BCUT2D eigenvalue weighted by atomic mass is 16.6. The van der Waals surface area contributed by atoms with E-state index in [-0.39, 0.29) is 5.92 Å². The molecule has 0 amide bonds. The van der Waals surface area contributed by atoms with Crippen molar-refractivity contribution >= 4 is 17.0 Å². The fourth-order valence-corrected chi connectivity index (χ4v) is 5.34. The number of nitrogens with one attached hydrogen (secondary N) is 1. The van der Waals surface area contributed by atoms with E-state index in [1.807, 2.05) is 0 Å². The summed E-state index contributed by atoms with van der Waals surface area (Å²) in [7, 11) is 0. The zero-order chi connectivity index (χ0) is 23.9. The van der Waals surface area contributed by atoms with E-state index in [0.717, 1.165) is 12.8 Å². The maximum absolute atomic E-state index is 10.5. The minimum absolute atomic E-state index is 0.150. The molecule has 6 rings (SSSR count). The normalized spacial score (nSPS) is 24.2. The van der Waals surface area contributed by atoms with Crippen LogP contribution in [-0.4, -0.2) is 66.3 Å². The molecule has 1 aliphatic carbocycles. The van der Waals surface area contributed by atoms with Gasteiger partial charge in [-0.15, -0.1) is 0 Å². The van der Waals surface area contributed by atoms with E-state index >= 15 is 0 Å². The van der Waals surface area contributed by atoms with E-state index in [1.54, 1.807) is 4.57 Å². The Morgan fingerprint density at radius 2 is 1.60 bits per heavy atom. The molecule has 1 unspecified atom stereocenters. The average Bonchev–Trinajstić information content (AvgIpc) is 3.39. The highest BCUT2D eigenvalue weighted by Crippen LogP contribution is 2.35. The van der Waals surface area contributed by atoms with Gasteiger partial charge in [-0.3, -0.25) is 4.57 Å². The number of benzene rings is 2. The minimum atomic E-state index is -1.21. The second-order valence-electron chi connectivity index (χ2n) is 9.11. The van der Waals surface area contributed by atoms with Gasteiger partial charge in [0.1, 0.15) is 24.6 Å². The van der Waals surface area contributed by atoms with Gasteiger partial charge in [0.25, 0.3) is 0 Å². The summed E-state index contributed by atoms with van der Waals surface area (Å²) in [4.78, 5) is 13.3. The maximum Gasteiger partial charge on any atom is 0.167 e. The molecule has 2 aromatic heterocycles. The van der Waals surface area contributed by atoms with Crippen LogP contribution in [0, 0.1) is 0 Å². The van der Waals surface area contributed by atoms with Crippen LogP contribution in [0.25, 0.3) is 11.2 Å². The number of imidazole rings is 1. The van der Waals surface area contributed by atoms with Crippen LogP contribution < -0.4 is 5.32 Å². The Bertz CT molecular complexity index is 1310. The Morgan fingerprint density at radius 3 is 2.26 bits per heavy atom. The molecule has 0 saturated carbocycles. The molecule has 1 fully saturated rings. The molecule has 0 radical (unpaired) electrons. The fraction of sp³-hybridized carbons (Fsp3) is 0.346.